The van der Waals surface area contributed by atoms with E-state index >= 15 is 0 Å². The minimum absolute atomic E-state index is 0.0740. The second-order valence-corrected chi connectivity index (χ2v) is 10.3. The molecule has 156 valence electrons. The number of hydrogen-bond donors (Lipinski definition) is 0. The molecule has 0 atom stereocenters. The maximum absolute atomic E-state index is 2.58. The van der Waals surface area contributed by atoms with E-state index in [4.69, 9.17) is 0 Å². The maximum Gasteiger partial charge on any atom is 0.0744 e. The highest BCUT2D eigenvalue weighted by Crippen LogP contribution is 2.67. The SMILES string of the molecule is CC1(C)c2cccc3c2N2c4c(cccc4C(C)(C)c4cccc1c42)N3c1ccccc1. The minimum Gasteiger partial charge on any atom is -0.306 e. The van der Waals surface area contributed by atoms with E-state index in [9.17, 15) is 0 Å². The predicted octanol–water partition coefficient (Wildman–Crippen LogP) is 8.22. The van der Waals surface area contributed by atoms with Crippen molar-refractivity contribution >= 4 is 34.1 Å². The van der Waals surface area contributed by atoms with Gasteiger partial charge < -0.3 is 9.80 Å². The van der Waals surface area contributed by atoms with Gasteiger partial charge in [-0.2, -0.15) is 0 Å². The Labute approximate surface area is 189 Å². The molecule has 0 saturated carbocycles. The molecule has 2 nitrogen and oxygen atoms in total. The number of anilines is 6. The van der Waals surface area contributed by atoms with Crippen LogP contribution in [0.25, 0.3) is 0 Å². The number of para-hydroxylation sites is 4. The Morgan fingerprint density at radius 1 is 0.438 bits per heavy atom. The first kappa shape index (κ1) is 18.1. The van der Waals surface area contributed by atoms with Gasteiger partial charge in [-0.3, -0.25) is 0 Å². The van der Waals surface area contributed by atoms with Gasteiger partial charge in [0.15, 0.2) is 0 Å². The average Bonchev–Trinajstić information content (AvgIpc) is 2.80. The summed E-state index contributed by atoms with van der Waals surface area (Å²) in [6.07, 6.45) is 0. The van der Waals surface area contributed by atoms with Gasteiger partial charge >= 0.3 is 0 Å². The largest absolute Gasteiger partial charge is 0.306 e. The highest BCUT2D eigenvalue weighted by Gasteiger charge is 2.49. The number of rotatable bonds is 1. The van der Waals surface area contributed by atoms with Gasteiger partial charge in [0.1, 0.15) is 0 Å². The van der Waals surface area contributed by atoms with Crippen LogP contribution in [-0.4, -0.2) is 0 Å². The van der Waals surface area contributed by atoms with Crippen LogP contribution in [0.15, 0.2) is 84.9 Å². The van der Waals surface area contributed by atoms with Gasteiger partial charge in [0.05, 0.1) is 28.4 Å². The Kier molecular flexibility index (Phi) is 3.19. The molecule has 0 N–H and O–H groups in total. The smallest absolute Gasteiger partial charge is 0.0744 e. The monoisotopic (exact) mass is 414 g/mol. The molecule has 7 rings (SSSR count). The van der Waals surface area contributed by atoms with Crippen LogP contribution in [0.1, 0.15) is 49.9 Å². The first-order valence-electron chi connectivity index (χ1n) is 11.5. The van der Waals surface area contributed by atoms with Crippen molar-refractivity contribution in [3.05, 3.63) is 107 Å². The molecule has 2 heteroatoms. The summed E-state index contributed by atoms with van der Waals surface area (Å²) >= 11 is 0. The molecule has 32 heavy (non-hydrogen) atoms. The summed E-state index contributed by atoms with van der Waals surface area (Å²) in [5.74, 6) is 0. The summed E-state index contributed by atoms with van der Waals surface area (Å²) in [7, 11) is 0. The minimum atomic E-state index is -0.0740. The van der Waals surface area contributed by atoms with Crippen LogP contribution in [0.3, 0.4) is 0 Å². The van der Waals surface area contributed by atoms with Crippen molar-refractivity contribution in [1.29, 1.82) is 0 Å². The molecule has 0 spiro atoms. The second-order valence-electron chi connectivity index (χ2n) is 10.3. The van der Waals surface area contributed by atoms with E-state index in [1.165, 1.54) is 56.4 Å². The third-order valence-corrected chi connectivity index (χ3v) is 7.93. The van der Waals surface area contributed by atoms with E-state index in [-0.39, 0.29) is 10.8 Å². The van der Waals surface area contributed by atoms with Gasteiger partial charge in [-0.05, 0) is 46.5 Å². The zero-order chi connectivity index (χ0) is 21.8. The Morgan fingerprint density at radius 2 is 0.875 bits per heavy atom. The van der Waals surface area contributed by atoms with Crippen molar-refractivity contribution < 1.29 is 0 Å². The zero-order valence-corrected chi connectivity index (χ0v) is 19.0. The third-order valence-electron chi connectivity index (χ3n) is 7.93. The molecule has 3 aliphatic rings. The quantitative estimate of drug-likeness (QED) is 0.273. The van der Waals surface area contributed by atoms with Gasteiger partial charge in [0.25, 0.3) is 0 Å². The first-order chi connectivity index (χ1) is 15.4. The highest BCUT2D eigenvalue weighted by molar-refractivity contribution is 6.08. The second kappa shape index (κ2) is 5.63. The van der Waals surface area contributed by atoms with E-state index < -0.39 is 0 Å². The lowest BCUT2D eigenvalue weighted by Gasteiger charge is -2.53. The van der Waals surface area contributed by atoms with Gasteiger partial charge in [-0.25, -0.2) is 0 Å². The predicted molar refractivity (Wildman–Crippen MR) is 134 cm³/mol. The van der Waals surface area contributed by atoms with Crippen molar-refractivity contribution in [3.8, 4) is 0 Å². The van der Waals surface area contributed by atoms with Crippen LogP contribution in [0, 0.1) is 0 Å². The van der Waals surface area contributed by atoms with Crippen LogP contribution in [-0.2, 0) is 10.8 Å². The van der Waals surface area contributed by atoms with Crippen molar-refractivity contribution in [2.24, 2.45) is 0 Å². The molecular weight excluding hydrogens is 388 g/mol. The molecule has 3 aliphatic heterocycles. The van der Waals surface area contributed by atoms with Crippen LogP contribution in [0.4, 0.5) is 34.1 Å². The Hall–Kier alpha value is -3.52. The molecule has 0 unspecified atom stereocenters. The molecule has 0 radical (unpaired) electrons. The Balaban J connectivity index is 1.69. The summed E-state index contributed by atoms with van der Waals surface area (Å²) in [6, 6.07) is 31.4. The van der Waals surface area contributed by atoms with Gasteiger partial charge in [0, 0.05) is 16.5 Å². The lowest BCUT2D eigenvalue weighted by Crippen LogP contribution is -2.41. The summed E-state index contributed by atoms with van der Waals surface area (Å²) in [6.45, 7) is 9.52. The van der Waals surface area contributed by atoms with Crippen molar-refractivity contribution in [2.45, 2.75) is 38.5 Å². The lowest BCUT2D eigenvalue weighted by atomic mass is 9.65. The fourth-order valence-electron chi connectivity index (χ4n) is 6.31. The van der Waals surface area contributed by atoms with E-state index in [0.717, 1.165) is 0 Å². The summed E-state index contributed by atoms with van der Waals surface area (Å²) in [5.41, 5.74) is 13.2. The molecule has 0 aliphatic carbocycles. The summed E-state index contributed by atoms with van der Waals surface area (Å²) < 4.78 is 0. The van der Waals surface area contributed by atoms with Crippen molar-refractivity contribution in [2.75, 3.05) is 9.80 Å². The van der Waals surface area contributed by atoms with E-state index in [0.29, 0.717) is 0 Å². The van der Waals surface area contributed by atoms with Gasteiger partial charge in [-0.1, -0.05) is 88.4 Å². The van der Waals surface area contributed by atoms with E-state index in [1.807, 2.05) is 0 Å². The zero-order valence-electron chi connectivity index (χ0n) is 19.0. The fourth-order valence-corrected chi connectivity index (χ4v) is 6.31. The molecule has 0 amide bonds. The average molecular weight is 415 g/mol. The van der Waals surface area contributed by atoms with Crippen LogP contribution in [0.5, 0.6) is 0 Å². The molecule has 0 bridgehead atoms. The van der Waals surface area contributed by atoms with Crippen molar-refractivity contribution in [3.63, 3.8) is 0 Å². The van der Waals surface area contributed by atoms with Gasteiger partial charge in [0.2, 0.25) is 0 Å². The highest BCUT2D eigenvalue weighted by atomic mass is 15.3. The summed E-state index contributed by atoms with van der Waals surface area (Å²) in [4.78, 5) is 5.04. The Bertz CT molecular complexity index is 1340. The third kappa shape index (κ3) is 1.93. The number of nitrogens with zero attached hydrogens (tertiary/aromatic N) is 2. The molecule has 4 aromatic rings. The fraction of sp³-hybridized carbons (Fsp3) is 0.200. The van der Waals surface area contributed by atoms with E-state index in [1.54, 1.807) is 0 Å². The normalized spacial score (nSPS) is 17.8. The van der Waals surface area contributed by atoms with E-state index in [2.05, 4.69) is 122 Å². The molecule has 0 saturated heterocycles. The van der Waals surface area contributed by atoms with Crippen molar-refractivity contribution in [1.82, 2.24) is 0 Å². The lowest BCUT2D eigenvalue weighted by molar-refractivity contribution is 0.596. The van der Waals surface area contributed by atoms with Gasteiger partial charge in [-0.15, -0.1) is 0 Å². The molecule has 0 fully saturated rings. The number of benzene rings is 4. The topological polar surface area (TPSA) is 6.48 Å². The molecule has 3 heterocycles. The standard InChI is InChI=1S/C30H26N2/c1-29(2)20-13-8-14-21-26(20)32-27-22(29)15-9-17-24(27)31(19-11-6-5-7-12-19)25-18-10-16-23(28(25)32)30(21,3)4/h5-18H,1-4H3. The van der Waals surface area contributed by atoms with Crippen LogP contribution >= 0.6 is 0 Å². The number of hydrogen-bond acceptors (Lipinski definition) is 2. The summed E-state index contributed by atoms with van der Waals surface area (Å²) in [5, 5.41) is 0. The first-order valence-corrected chi connectivity index (χ1v) is 11.5. The Morgan fingerprint density at radius 3 is 1.38 bits per heavy atom. The molecule has 4 aromatic carbocycles. The van der Waals surface area contributed by atoms with Crippen LogP contribution < -0.4 is 9.80 Å². The van der Waals surface area contributed by atoms with Crippen LogP contribution in [0.2, 0.25) is 0 Å². The molecule has 0 aromatic heterocycles. The maximum atomic E-state index is 2.58. The molecular formula is C30H26N2.